The van der Waals surface area contributed by atoms with Crippen LogP contribution in [0.1, 0.15) is 16.1 Å². The van der Waals surface area contributed by atoms with E-state index in [4.69, 9.17) is 11.6 Å². The highest BCUT2D eigenvalue weighted by molar-refractivity contribution is 6.33. The lowest BCUT2D eigenvalue weighted by Gasteiger charge is -2.19. The number of alkyl halides is 7. The van der Waals surface area contributed by atoms with Gasteiger partial charge in [0.25, 0.3) is 5.91 Å². The maximum Gasteiger partial charge on any atom is 0.461 e. The summed E-state index contributed by atoms with van der Waals surface area (Å²) in [4.78, 5) is 12.2. The number of aryl methyl sites for hydroxylation is 1. The van der Waals surface area contributed by atoms with Crippen molar-refractivity contribution in [1.82, 2.24) is 9.78 Å². The number of amides is 1. The van der Waals surface area contributed by atoms with Crippen LogP contribution in [-0.4, -0.2) is 28.2 Å². The molecule has 0 saturated carbocycles. The topological polar surface area (TPSA) is 56.2 Å². The second kappa shape index (κ2) is 7.25. The fourth-order valence-corrected chi connectivity index (χ4v) is 2.15. The minimum absolute atomic E-state index is 0.573. The lowest BCUT2D eigenvalue weighted by atomic mass is 10.2. The summed E-state index contributed by atoms with van der Waals surface area (Å²) < 4.78 is 94.3. The molecule has 0 fully saturated rings. The summed E-state index contributed by atoms with van der Waals surface area (Å²) in [6.07, 6.45) is -14.1. The van der Waals surface area contributed by atoms with Crippen LogP contribution in [0.3, 0.4) is 0 Å². The number of hydrogen-bond donors (Lipinski definition) is 1. The number of nitrogens with zero attached hydrogens (tertiary/aromatic N) is 2. The smallest absolute Gasteiger partial charge is 0.426 e. The second-order valence-corrected chi connectivity index (χ2v) is 5.41. The van der Waals surface area contributed by atoms with Crippen LogP contribution in [0, 0.1) is 0 Å². The number of carbonyl (C=O) groups excluding carboxylic acids is 1. The molecule has 1 N–H and O–H groups in total. The predicted octanol–water partition coefficient (Wildman–Crippen LogP) is 4.58. The van der Waals surface area contributed by atoms with Crippen molar-refractivity contribution in [3.63, 3.8) is 0 Å². The average molecular weight is 420 g/mol. The zero-order valence-corrected chi connectivity index (χ0v) is 13.9. The summed E-state index contributed by atoms with van der Waals surface area (Å²) in [6, 6.07) is 4.12. The van der Waals surface area contributed by atoms with Gasteiger partial charge in [0.05, 0.1) is 5.69 Å². The van der Waals surface area contributed by atoms with Gasteiger partial charge in [-0.2, -0.15) is 35.8 Å². The van der Waals surface area contributed by atoms with Gasteiger partial charge in [0.1, 0.15) is 16.5 Å². The number of para-hydroxylation sites is 2. The number of nitrogens with one attached hydrogen (secondary N) is 1. The molecule has 1 aromatic heterocycles. The van der Waals surface area contributed by atoms with Gasteiger partial charge >= 0.3 is 18.7 Å². The minimum atomic E-state index is -5.03. The summed E-state index contributed by atoms with van der Waals surface area (Å²) in [6.45, 7) is 0. The van der Waals surface area contributed by atoms with Gasteiger partial charge in [-0.15, -0.1) is 0 Å². The van der Waals surface area contributed by atoms with Crippen LogP contribution in [0.25, 0.3) is 0 Å². The van der Waals surface area contributed by atoms with E-state index in [0.717, 1.165) is 25.2 Å². The molecule has 148 valence electrons. The molecule has 1 aromatic carbocycles. The molecule has 0 aliphatic rings. The van der Waals surface area contributed by atoms with E-state index in [-0.39, 0.29) is 0 Å². The first-order valence-electron chi connectivity index (χ1n) is 6.89. The molecule has 27 heavy (non-hydrogen) atoms. The Morgan fingerprint density at radius 1 is 1.22 bits per heavy atom. The summed E-state index contributed by atoms with van der Waals surface area (Å²) in [7, 11) is 1.05. The predicted molar refractivity (Wildman–Crippen MR) is 79.2 cm³/mol. The maximum atomic E-state index is 13.1. The average Bonchev–Trinajstić information content (AvgIpc) is 2.84. The van der Waals surface area contributed by atoms with Crippen molar-refractivity contribution in [2.45, 2.75) is 18.7 Å². The molecule has 0 radical (unpaired) electrons. The molecule has 1 amide bonds. The normalized spacial score (nSPS) is 12.4. The first kappa shape index (κ1) is 20.8. The fraction of sp³-hybridized carbons (Fsp3) is 0.286. The molecule has 2 aromatic rings. The van der Waals surface area contributed by atoms with Crippen molar-refractivity contribution in [3.8, 4) is 5.75 Å². The van der Waals surface area contributed by atoms with Crippen LogP contribution >= 0.6 is 11.6 Å². The molecular weight excluding hydrogens is 411 g/mol. The van der Waals surface area contributed by atoms with Gasteiger partial charge in [-0.25, -0.2) is 0 Å². The van der Waals surface area contributed by atoms with Crippen molar-refractivity contribution < 1.29 is 40.3 Å². The fourth-order valence-electron chi connectivity index (χ4n) is 1.94. The Morgan fingerprint density at radius 2 is 1.81 bits per heavy atom. The summed E-state index contributed by atoms with van der Waals surface area (Å²) in [5, 5.41) is 4.30. The molecule has 5 nitrogen and oxygen atoms in total. The van der Waals surface area contributed by atoms with Gasteiger partial charge in [0, 0.05) is 7.05 Å². The van der Waals surface area contributed by atoms with Crippen LogP contribution in [0.2, 0.25) is 5.15 Å². The SMILES string of the molecule is Cn1nc(C(F)(F)F)c(C(=O)Nc2ccccc2OC(F)(F)C(F)F)c1Cl. The maximum absolute atomic E-state index is 13.1. The third-order valence-electron chi connectivity index (χ3n) is 3.11. The molecule has 2 rings (SSSR count). The van der Waals surface area contributed by atoms with Gasteiger partial charge < -0.3 is 10.1 Å². The largest absolute Gasteiger partial charge is 0.461 e. The summed E-state index contributed by atoms with van der Waals surface area (Å²) in [5.74, 6) is -2.33. The second-order valence-electron chi connectivity index (χ2n) is 5.05. The number of halogens is 8. The Hall–Kier alpha value is -2.50. The van der Waals surface area contributed by atoms with Gasteiger partial charge in [0.2, 0.25) is 0 Å². The van der Waals surface area contributed by atoms with Crippen molar-refractivity contribution in [1.29, 1.82) is 0 Å². The van der Waals surface area contributed by atoms with E-state index in [1.807, 2.05) is 5.32 Å². The Morgan fingerprint density at radius 3 is 2.37 bits per heavy atom. The van der Waals surface area contributed by atoms with Crippen LogP contribution in [-0.2, 0) is 13.2 Å². The Kier molecular flexibility index (Phi) is 5.59. The van der Waals surface area contributed by atoms with E-state index in [1.54, 1.807) is 0 Å². The summed E-state index contributed by atoms with van der Waals surface area (Å²) >= 11 is 5.66. The van der Waals surface area contributed by atoms with Gasteiger partial charge in [0.15, 0.2) is 5.69 Å². The zero-order valence-electron chi connectivity index (χ0n) is 13.1. The molecule has 0 aliphatic carbocycles. The number of ether oxygens (including phenoxy) is 1. The monoisotopic (exact) mass is 419 g/mol. The number of benzene rings is 1. The van der Waals surface area contributed by atoms with Crippen LogP contribution in [0.4, 0.5) is 36.4 Å². The first-order valence-corrected chi connectivity index (χ1v) is 7.27. The number of anilines is 1. The van der Waals surface area contributed by atoms with E-state index < -0.39 is 52.5 Å². The minimum Gasteiger partial charge on any atom is -0.426 e. The standard InChI is InChI=1S/C14H9ClF7N3O2/c1-25-10(15)8(9(24-25)13(18,19)20)11(26)23-6-4-2-3-5-7(6)27-14(21,22)12(16)17/h2-5,12H,1H3,(H,23,26). The molecule has 1 heterocycles. The third-order valence-corrected chi connectivity index (χ3v) is 3.54. The highest BCUT2D eigenvalue weighted by atomic mass is 35.5. The Balaban J connectivity index is 2.39. The van der Waals surface area contributed by atoms with Crippen molar-refractivity contribution in [3.05, 3.63) is 40.7 Å². The summed E-state index contributed by atoms with van der Waals surface area (Å²) in [5.41, 5.74) is -3.25. The third kappa shape index (κ3) is 4.43. The number of rotatable bonds is 5. The molecule has 0 spiro atoms. The number of hydrogen-bond acceptors (Lipinski definition) is 3. The highest BCUT2D eigenvalue weighted by Gasteiger charge is 2.45. The lowest BCUT2D eigenvalue weighted by molar-refractivity contribution is -0.252. The van der Waals surface area contributed by atoms with E-state index in [9.17, 15) is 35.5 Å². The number of carbonyl (C=O) groups is 1. The Labute approximate surface area is 151 Å². The zero-order chi connectivity index (χ0) is 20.6. The molecular formula is C14H9ClF7N3O2. The van der Waals surface area contributed by atoms with Crippen LogP contribution in [0.15, 0.2) is 24.3 Å². The van der Waals surface area contributed by atoms with E-state index in [1.165, 1.54) is 6.07 Å². The van der Waals surface area contributed by atoms with Crippen molar-refractivity contribution >= 4 is 23.2 Å². The van der Waals surface area contributed by atoms with Crippen LogP contribution < -0.4 is 10.1 Å². The van der Waals surface area contributed by atoms with E-state index in [0.29, 0.717) is 4.68 Å². The molecule has 0 aliphatic heterocycles. The number of aromatic nitrogens is 2. The highest BCUT2D eigenvalue weighted by Crippen LogP contribution is 2.36. The lowest BCUT2D eigenvalue weighted by Crippen LogP contribution is -2.33. The van der Waals surface area contributed by atoms with E-state index in [2.05, 4.69) is 9.84 Å². The molecule has 0 saturated heterocycles. The first-order chi connectivity index (χ1) is 12.3. The van der Waals surface area contributed by atoms with E-state index >= 15 is 0 Å². The van der Waals surface area contributed by atoms with Crippen molar-refractivity contribution in [2.24, 2.45) is 7.05 Å². The van der Waals surface area contributed by atoms with Gasteiger partial charge in [-0.3, -0.25) is 9.48 Å². The van der Waals surface area contributed by atoms with Crippen LogP contribution in [0.5, 0.6) is 5.75 Å². The molecule has 0 atom stereocenters. The molecule has 0 bridgehead atoms. The van der Waals surface area contributed by atoms with Crippen molar-refractivity contribution in [2.75, 3.05) is 5.32 Å². The Bertz CT molecular complexity index is 852. The van der Waals surface area contributed by atoms with Gasteiger partial charge in [-0.1, -0.05) is 23.7 Å². The molecule has 0 unspecified atom stereocenters. The quantitative estimate of drug-likeness (QED) is 0.722. The molecule has 13 heteroatoms. The van der Waals surface area contributed by atoms with Gasteiger partial charge in [-0.05, 0) is 12.1 Å².